The third-order valence-corrected chi connectivity index (χ3v) is 33.6. The predicted molar refractivity (Wildman–Crippen MR) is 231 cm³/mol. The molecular formula is C34H78O7Si8. The van der Waals surface area contributed by atoms with Crippen molar-refractivity contribution in [2.24, 2.45) is 41.4 Å². The zero-order valence-electron chi connectivity index (χ0n) is 34.4. The van der Waals surface area contributed by atoms with Crippen molar-refractivity contribution in [3.63, 3.8) is 0 Å². The second-order valence-electron chi connectivity index (χ2n) is 17.5. The van der Waals surface area contributed by atoms with E-state index in [0.717, 1.165) is 39.8 Å². The summed E-state index contributed by atoms with van der Waals surface area (Å²) in [7, 11) is -12.8. The highest BCUT2D eigenvalue weighted by atomic mass is 28.5. The minimum atomic E-state index is -2.90. The van der Waals surface area contributed by atoms with Gasteiger partial charge in [-0.3, -0.25) is 0 Å². The van der Waals surface area contributed by atoms with Crippen LogP contribution in [0.5, 0.6) is 0 Å². The Kier molecular flexibility index (Phi) is 23.5. The van der Waals surface area contributed by atoms with Gasteiger partial charge in [0, 0.05) is 0 Å². The molecule has 1 rings (SSSR count). The van der Waals surface area contributed by atoms with E-state index in [9.17, 15) is 0 Å². The first kappa shape index (κ1) is 47.7. The second-order valence-corrected chi connectivity index (χ2v) is 37.9. The summed E-state index contributed by atoms with van der Waals surface area (Å²) in [4.78, 5) is 0. The number of hydrogen-bond acceptors (Lipinski definition) is 7. The zero-order chi connectivity index (χ0) is 37.3. The van der Waals surface area contributed by atoms with Gasteiger partial charge in [-0.25, -0.2) is 0 Å². The van der Waals surface area contributed by atoms with Gasteiger partial charge < -0.3 is 28.8 Å². The van der Waals surface area contributed by atoms with Crippen LogP contribution < -0.4 is 5.19 Å². The van der Waals surface area contributed by atoms with Gasteiger partial charge in [-0.05, 0) is 88.9 Å². The van der Waals surface area contributed by atoms with E-state index < -0.39 is 64.7 Å². The van der Waals surface area contributed by atoms with Crippen molar-refractivity contribution in [1.29, 1.82) is 0 Å². The zero-order valence-corrected chi connectivity index (χ0v) is 44.8. The average molecular weight is 824 g/mol. The van der Waals surface area contributed by atoms with Crippen LogP contribution in [0.15, 0.2) is 30.3 Å². The van der Waals surface area contributed by atoms with E-state index in [1.54, 1.807) is 0 Å². The summed E-state index contributed by atoms with van der Waals surface area (Å²) in [5.74, 6) is 3.58. The van der Waals surface area contributed by atoms with Crippen LogP contribution in [0.1, 0.15) is 96.9 Å². The Hall–Kier alpha value is 0.675. The Bertz CT molecular complexity index is 940. The van der Waals surface area contributed by atoms with E-state index in [1.165, 1.54) is 18.1 Å². The van der Waals surface area contributed by atoms with Crippen molar-refractivity contribution in [2.45, 2.75) is 139 Å². The van der Waals surface area contributed by atoms with E-state index in [-0.39, 0.29) is 0 Å². The van der Waals surface area contributed by atoms with Crippen LogP contribution in [0.25, 0.3) is 0 Å². The maximum absolute atomic E-state index is 8.17. The number of benzene rings is 1. The molecule has 1 aromatic rings. The first-order valence-electron chi connectivity index (χ1n) is 19.2. The fraction of sp³-hybridized carbons (Fsp3) is 0.824. The molecule has 0 spiro atoms. The van der Waals surface area contributed by atoms with Gasteiger partial charge >= 0.3 is 26.4 Å². The highest BCUT2D eigenvalue weighted by molar-refractivity contribution is 6.90. The summed E-state index contributed by atoms with van der Waals surface area (Å²) in [5.41, 5.74) is 0. The third kappa shape index (κ3) is 20.1. The molecule has 0 aromatic heterocycles. The van der Waals surface area contributed by atoms with Gasteiger partial charge in [0.1, 0.15) is 10.5 Å². The van der Waals surface area contributed by atoms with Crippen LogP contribution in [0.2, 0.25) is 42.3 Å². The molecule has 0 amide bonds. The number of hydrogen-bond donors (Lipinski definition) is 0. The molecule has 0 saturated heterocycles. The van der Waals surface area contributed by atoms with Crippen LogP contribution in [-0.4, -0.2) is 75.2 Å². The molecule has 0 fully saturated rings. The fourth-order valence-corrected chi connectivity index (χ4v) is 39.1. The van der Waals surface area contributed by atoms with E-state index in [1.807, 2.05) is 0 Å². The van der Waals surface area contributed by atoms with Gasteiger partial charge in [0.15, 0.2) is 8.32 Å². The molecule has 0 aliphatic heterocycles. The normalized spacial score (nSPS) is 15.0. The number of rotatable bonds is 28. The van der Waals surface area contributed by atoms with Crippen LogP contribution in [0.3, 0.4) is 0 Å². The molecule has 15 heteroatoms. The Morgan fingerprint density at radius 1 is 0.531 bits per heavy atom. The van der Waals surface area contributed by atoms with Gasteiger partial charge in [0.25, 0.3) is 30.0 Å². The van der Waals surface area contributed by atoms with E-state index >= 15 is 0 Å². The molecule has 0 heterocycles. The monoisotopic (exact) mass is 822 g/mol. The molecule has 0 radical (unpaired) electrons. The van der Waals surface area contributed by atoms with Gasteiger partial charge in [-0.2, -0.15) is 0 Å². The van der Waals surface area contributed by atoms with E-state index in [4.69, 9.17) is 28.8 Å². The summed E-state index contributed by atoms with van der Waals surface area (Å²) in [6, 6.07) is 18.1. The Morgan fingerprint density at radius 2 is 0.939 bits per heavy atom. The molecule has 1 aromatic carbocycles. The highest BCUT2D eigenvalue weighted by Gasteiger charge is 2.55. The molecule has 0 aliphatic rings. The van der Waals surface area contributed by atoms with Crippen LogP contribution in [0.4, 0.5) is 0 Å². The van der Waals surface area contributed by atoms with Crippen molar-refractivity contribution in [2.75, 3.05) is 0 Å². The molecule has 1 atom stereocenters. The van der Waals surface area contributed by atoms with E-state index in [2.05, 4.69) is 127 Å². The van der Waals surface area contributed by atoms with Crippen molar-refractivity contribution >= 4 is 80.4 Å². The van der Waals surface area contributed by atoms with Crippen molar-refractivity contribution in [1.82, 2.24) is 0 Å². The minimum absolute atomic E-state index is 0.432. The summed E-state index contributed by atoms with van der Waals surface area (Å²) >= 11 is 0. The quantitative estimate of drug-likeness (QED) is 0.0768. The average Bonchev–Trinajstić information content (AvgIpc) is 2.91. The Labute approximate surface area is 318 Å². The predicted octanol–water partition coefficient (Wildman–Crippen LogP) is 5.93. The first-order chi connectivity index (χ1) is 22.9. The van der Waals surface area contributed by atoms with Crippen LogP contribution in [-0.2, 0) is 28.8 Å². The van der Waals surface area contributed by atoms with E-state index in [0.29, 0.717) is 41.4 Å². The van der Waals surface area contributed by atoms with Gasteiger partial charge in [-0.15, -0.1) is 0 Å². The Balaban J connectivity index is 3.94. The lowest BCUT2D eigenvalue weighted by Crippen LogP contribution is -2.64. The van der Waals surface area contributed by atoms with Gasteiger partial charge in [0.05, 0.1) is 0 Å². The standard InChI is InChI=1S/C34H78O7Si8/c1-27(2)20-47(21-28(3)4,22-29(5)6)40-49(25-32(11)12,26-33(13)14)41-48(23-30(7)8,24-31(9)10)39-46(34-18-16-15-17-19-34)38-45-37-44-36-43-35-42/h15-19,27-33,46H,20-26,43-45H2,1-14,42H3. The smallest absolute Gasteiger partial charge is 0.337 e. The molecule has 0 N–H and O–H groups in total. The highest BCUT2D eigenvalue weighted by Crippen LogP contribution is 2.43. The van der Waals surface area contributed by atoms with Crippen molar-refractivity contribution < 1.29 is 28.8 Å². The summed E-state index contributed by atoms with van der Waals surface area (Å²) in [6.45, 7) is 33.2. The molecule has 288 valence electrons. The molecule has 49 heavy (non-hydrogen) atoms. The molecule has 7 nitrogen and oxygen atoms in total. The lowest BCUT2D eigenvalue weighted by Gasteiger charge is -2.50. The largest absolute Gasteiger partial charge is 0.449 e. The molecule has 1 unspecified atom stereocenters. The molecule has 0 bridgehead atoms. The maximum Gasteiger partial charge on any atom is 0.337 e. The maximum atomic E-state index is 8.17. The molecule has 0 aliphatic carbocycles. The lowest BCUT2D eigenvalue weighted by atomic mass is 10.2. The molecule has 0 saturated carbocycles. The summed E-state index contributed by atoms with van der Waals surface area (Å²) in [5, 5.41) is 1.16. The summed E-state index contributed by atoms with van der Waals surface area (Å²) < 4.78 is 47.9. The topological polar surface area (TPSA) is 64.6 Å². The van der Waals surface area contributed by atoms with Crippen LogP contribution in [0, 0.1) is 41.4 Å². The molecular weight excluding hydrogens is 745 g/mol. The van der Waals surface area contributed by atoms with Crippen molar-refractivity contribution in [3.8, 4) is 0 Å². The Morgan fingerprint density at radius 3 is 1.35 bits per heavy atom. The summed E-state index contributed by atoms with van der Waals surface area (Å²) in [6.07, 6.45) is 0. The van der Waals surface area contributed by atoms with Gasteiger partial charge in [-0.1, -0.05) is 127 Å². The SMILES string of the molecule is CC(C)C[Si](CC(C)C)(CC(C)C)O[Si](CC(C)C)(CC(C)C)O[Si](CC(C)C)(CC(C)C)O[SiH](O[SiH2]O[SiH2]O[SiH2]O[SiH3])c1ccccc1. The van der Waals surface area contributed by atoms with Crippen molar-refractivity contribution in [3.05, 3.63) is 30.3 Å². The third-order valence-electron chi connectivity index (χ3n) is 8.06. The minimum Gasteiger partial charge on any atom is -0.449 e. The first-order valence-corrected chi connectivity index (χ1v) is 32.0. The lowest BCUT2D eigenvalue weighted by molar-refractivity contribution is 0.265. The van der Waals surface area contributed by atoms with Gasteiger partial charge in [0.2, 0.25) is 0 Å². The second kappa shape index (κ2) is 24.2. The van der Waals surface area contributed by atoms with Crippen LogP contribution >= 0.6 is 0 Å². The fourth-order valence-electron chi connectivity index (χ4n) is 7.71.